The average Bonchev–Trinajstić information content (AvgIpc) is 2.88. The van der Waals surface area contributed by atoms with Crippen LogP contribution in [0.25, 0.3) is 10.9 Å². The van der Waals surface area contributed by atoms with Crippen molar-refractivity contribution >= 4 is 40.2 Å². The molecular weight excluding hydrogens is 464 g/mol. The number of nitrogens with one attached hydrogen (secondary N) is 2. The van der Waals surface area contributed by atoms with E-state index in [9.17, 15) is 19.7 Å². The van der Waals surface area contributed by atoms with E-state index in [0.717, 1.165) is 55.6 Å². The molecule has 11 heteroatoms. The van der Waals surface area contributed by atoms with Crippen molar-refractivity contribution in [2.24, 2.45) is 0 Å². The summed E-state index contributed by atoms with van der Waals surface area (Å²) in [4.78, 5) is 46.5. The number of amides is 1. The maximum absolute atomic E-state index is 12.7. The summed E-state index contributed by atoms with van der Waals surface area (Å²) in [6, 6.07) is 11.7. The summed E-state index contributed by atoms with van der Waals surface area (Å²) < 4.78 is 4.58. The maximum atomic E-state index is 12.7. The van der Waals surface area contributed by atoms with Crippen molar-refractivity contribution in [3.8, 4) is 0 Å². The first kappa shape index (κ1) is 24.8. The molecule has 1 amide bonds. The van der Waals surface area contributed by atoms with Crippen molar-refractivity contribution in [1.82, 2.24) is 15.3 Å². The van der Waals surface area contributed by atoms with E-state index in [-0.39, 0.29) is 23.2 Å². The number of ether oxygens (including phenoxy) is 1. The molecule has 0 atom stereocenters. The number of fused-ring (bicyclic) bond motifs is 1. The van der Waals surface area contributed by atoms with Gasteiger partial charge in [0.2, 0.25) is 5.95 Å². The van der Waals surface area contributed by atoms with Gasteiger partial charge >= 0.3 is 5.97 Å². The molecule has 2 N–H and O–H groups in total. The third kappa shape index (κ3) is 5.35. The summed E-state index contributed by atoms with van der Waals surface area (Å²) in [5.41, 5.74) is 0.330. The highest BCUT2D eigenvalue weighted by Gasteiger charge is 2.26. The molecule has 11 nitrogen and oxygen atoms in total. The summed E-state index contributed by atoms with van der Waals surface area (Å²) in [5, 5.41) is 18.7. The number of anilines is 2. The van der Waals surface area contributed by atoms with Gasteiger partial charge in [-0.3, -0.25) is 14.9 Å². The maximum Gasteiger partial charge on any atom is 0.344 e. The molecule has 1 aliphatic carbocycles. The van der Waals surface area contributed by atoms with E-state index in [1.807, 2.05) is 43.3 Å². The Hall–Kier alpha value is -4.28. The number of nitro groups is 1. The standard InChI is InChI=1S/C25H28N6O5/c1-30(2)22-18-6-4-5-7-20(18)28-25(29-22)27-17-11-9-16(10-12-17)26-23(32)15-8-13-19(24(33)36-3)21(14-15)31(34)35/h4-8,13-14,16-17H,9-12H2,1-3H3,(H,26,32)(H,27,28,29). The number of para-hydroxylation sites is 1. The molecule has 0 saturated heterocycles. The summed E-state index contributed by atoms with van der Waals surface area (Å²) in [7, 11) is 5.04. The van der Waals surface area contributed by atoms with Crippen LogP contribution < -0.4 is 15.5 Å². The number of esters is 1. The summed E-state index contributed by atoms with van der Waals surface area (Å²) in [6.07, 6.45) is 3.08. The second kappa shape index (κ2) is 10.5. The number of carbonyl (C=O) groups excluding carboxylic acids is 2. The monoisotopic (exact) mass is 492 g/mol. The summed E-state index contributed by atoms with van der Waals surface area (Å²) in [5.74, 6) is 0.172. The highest BCUT2D eigenvalue weighted by molar-refractivity contribution is 5.99. The number of carbonyl (C=O) groups is 2. The van der Waals surface area contributed by atoms with Crippen LogP contribution in [0.3, 0.4) is 0 Å². The lowest BCUT2D eigenvalue weighted by molar-refractivity contribution is -0.385. The van der Waals surface area contributed by atoms with Crippen molar-refractivity contribution in [3.05, 3.63) is 63.7 Å². The van der Waals surface area contributed by atoms with E-state index in [2.05, 4.69) is 20.4 Å². The van der Waals surface area contributed by atoms with Crippen molar-refractivity contribution in [2.75, 3.05) is 31.4 Å². The fraction of sp³-hybridized carbons (Fsp3) is 0.360. The lowest BCUT2D eigenvalue weighted by Gasteiger charge is -2.30. The molecule has 1 fully saturated rings. The van der Waals surface area contributed by atoms with E-state index >= 15 is 0 Å². The molecule has 1 saturated carbocycles. The van der Waals surface area contributed by atoms with Gasteiger partial charge in [0.1, 0.15) is 11.4 Å². The largest absolute Gasteiger partial charge is 0.465 e. The second-order valence-corrected chi connectivity index (χ2v) is 8.93. The smallest absolute Gasteiger partial charge is 0.344 e. The molecule has 1 aromatic heterocycles. The van der Waals surface area contributed by atoms with E-state index in [1.165, 1.54) is 12.1 Å². The molecule has 4 rings (SSSR count). The number of rotatable bonds is 7. The van der Waals surface area contributed by atoms with Gasteiger partial charge in [-0.05, 0) is 49.9 Å². The van der Waals surface area contributed by atoms with Crippen LogP contribution in [0.1, 0.15) is 46.4 Å². The van der Waals surface area contributed by atoms with Crippen molar-refractivity contribution in [2.45, 2.75) is 37.8 Å². The van der Waals surface area contributed by atoms with E-state index < -0.39 is 22.5 Å². The predicted molar refractivity (Wildman–Crippen MR) is 135 cm³/mol. The Morgan fingerprint density at radius 2 is 1.75 bits per heavy atom. The van der Waals surface area contributed by atoms with Crippen molar-refractivity contribution in [1.29, 1.82) is 0 Å². The van der Waals surface area contributed by atoms with Crippen LogP contribution in [0.5, 0.6) is 0 Å². The Kier molecular flexibility index (Phi) is 7.28. The minimum Gasteiger partial charge on any atom is -0.465 e. The second-order valence-electron chi connectivity index (χ2n) is 8.93. The first-order valence-corrected chi connectivity index (χ1v) is 11.6. The van der Waals surface area contributed by atoms with Crippen LogP contribution in [0.2, 0.25) is 0 Å². The molecule has 0 bridgehead atoms. The van der Waals surface area contributed by atoms with Crippen LogP contribution in [0.15, 0.2) is 42.5 Å². The van der Waals surface area contributed by atoms with Crippen LogP contribution in [0.4, 0.5) is 17.5 Å². The average molecular weight is 493 g/mol. The zero-order valence-electron chi connectivity index (χ0n) is 20.4. The molecule has 0 aliphatic heterocycles. The highest BCUT2D eigenvalue weighted by atomic mass is 16.6. The van der Waals surface area contributed by atoms with Crippen molar-refractivity contribution in [3.63, 3.8) is 0 Å². The third-order valence-corrected chi connectivity index (χ3v) is 6.26. The van der Waals surface area contributed by atoms with Crippen LogP contribution in [-0.4, -0.2) is 60.1 Å². The number of benzene rings is 2. The molecule has 0 spiro atoms. The Morgan fingerprint density at radius 1 is 1.06 bits per heavy atom. The Balaban J connectivity index is 1.38. The minimum atomic E-state index is -0.826. The van der Waals surface area contributed by atoms with Gasteiger partial charge in [-0.2, -0.15) is 4.98 Å². The fourth-order valence-electron chi connectivity index (χ4n) is 4.41. The van der Waals surface area contributed by atoms with Crippen LogP contribution in [0, 0.1) is 10.1 Å². The van der Waals surface area contributed by atoms with Gasteiger partial charge in [0.15, 0.2) is 0 Å². The van der Waals surface area contributed by atoms with Gasteiger partial charge in [0.05, 0.1) is 17.5 Å². The number of methoxy groups -OCH3 is 1. The van der Waals surface area contributed by atoms with Crippen LogP contribution in [-0.2, 0) is 4.74 Å². The molecule has 0 unspecified atom stereocenters. The minimum absolute atomic E-state index is 0.0650. The molecule has 1 heterocycles. The van der Waals surface area contributed by atoms with Crippen molar-refractivity contribution < 1.29 is 19.2 Å². The highest BCUT2D eigenvalue weighted by Crippen LogP contribution is 2.27. The predicted octanol–water partition coefficient (Wildman–Crippen LogP) is 3.54. The first-order valence-electron chi connectivity index (χ1n) is 11.6. The molecule has 3 aromatic rings. The number of aromatic nitrogens is 2. The van der Waals surface area contributed by atoms with Gasteiger partial charge in [-0.25, -0.2) is 9.78 Å². The number of nitrogens with zero attached hydrogens (tertiary/aromatic N) is 4. The van der Waals surface area contributed by atoms with Crippen LogP contribution >= 0.6 is 0 Å². The van der Waals surface area contributed by atoms with Gasteiger partial charge < -0.3 is 20.3 Å². The van der Waals surface area contributed by atoms with Gasteiger partial charge in [0.25, 0.3) is 11.6 Å². The summed E-state index contributed by atoms with van der Waals surface area (Å²) in [6.45, 7) is 0. The zero-order chi connectivity index (χ0) is 25.8. The van der Waals surface area contributed by atoms with Gasteiger partial charge in [-0.15, -0.1) is 0 Å². The molecule has 188 valence electrons. The van der Waals surface area contributed by atoms with Gasteiger partial charge in [0, 0.05) is 43.2 Å². The molecule has 0 radical (unpaired) electrons. The molecule has 2 aromatic carbocycles. The summed E-state index contributed by atoms with van der Waals surface area (Å²) >= 11 is 0. The molecular formula is C25H28N6O5. The quantitative estimate of drug-likeness (QED) is 0.288. The Bertz CT molecular complexity index is 1300. The van der Waals surface area contributed by atoms with E-state index in [0.29, 0.717) is 5.95 Å². The SMILES string of the molecule is COC(=O)c1ccc(C(=O)NC2CCC(Nc3nc(N(C)C)c4ccccc4n3)CC2)cc1[N+](=O)[O-]. The topological polar surface area (TPSA) is 140 Å². The fourth-order valence-corrected chi connectivity index (χ4v) is 4.41. The van der Waals surface area contributed by atoms with E-state index in [1.54, 1.807) is 0 Å². The lowest BCUT2D eigenvalue weighted by Crippen LogP contribution is -2.40. The van der Waals surface area contributed by atoms with E-state index in [4.69, 9.17) is 4.98 Å². The zero-order valence-corrected chi connectivity index (χ0v) is 20.4. The number of hydrogen-bond donors (Lipinski definition) is 2. The molecule has 36 heavy (non-hydrogen) atoms. The molecule has 1 aliphatic rings. The first-order chi connectivity index (χ1) is 17.3. The normalized spacial score (nSPS) is 17.3. The number of nitro benzene ring substituents is 1. The third-order valence-electron chi connectivity index (χ3n) is 6.26. The number of hydrogen-bond acceptors (Lipinski definition) is 9. The Labute approximate surface area is 208 Å². The van der Waals surface area contributed by atoms with Gasteiger partial charge in [-0.1, -0.05) is 12.1 Å². The lowest BCUT2D eigenvalue weighted by atomic mass is 9.91. The Morgan fingerprint density at radius 3 is 2.42 bits per heavy atom.